The van der Waals surface area contributed by atoms with E-state index in [0.717, 1.165) is 56.9 Å². The van der Waals surface area contributed by atoms with Crippen LogP contribution in [0.25, 0.3) is 23.1 Å². The van der Waals surface area contributed by atoms with Crippen LogP contribution in [0.4, 0.5) is 5.00 Å². The average molecular weight is 520 g/mol. The SMILES string of the molecule is N#Cc1c(NC(=O)c2ccccc2Sc2ccc3c(/C=C/c4ccccn4)n[nH]c3c2)sc2c1CCC2. The second-order valence-corrected chi connectivity index (χ2v) is 10.9. The molecular formula is C29H21N5OS2. The van der Waals surface area contributed by atoms with Gasteiger partial charge in [-0.05, 0) is 79.4 Å². The van der Waals surface area contributed by atoms with Gasteiger partial charge in [0.05, 0.1) is 28.0 Å². The number of hydrogen-bond acceptors (Lipinski definition) is 6. The van der Waals surface area contributed by atoms with Crippen molar-refractivity contribution in [1.82, 2.24) is 15.2 Å². The van der Waals surface area contributed by atoms with E-state index >= 15 is 0 Å². The van der Waals surface area contributed by atoms with Gasteiger partial charge in [0, 0.05) is 26.3 Å². The third-order valence-electron chi connectivity index (χ3n) is 6.28. The Morgan fingerprint density at radius 3 is 2.86 bits per heavy atom. The molecule has 0 saturated carbocycles. The molecule has 0 aliphatic heterocycles. The molecule has 3 aromatic heterocycles. The lowest BCUT2D eigenvalue weighted by Gasteiger charge is -2.10. The fourth-order valence-corrected chi connectivity index (χ4v) is 6.72. The lowest BCUT2D eigenvalue weighted by atomic mass is 10.1. The molecule has 0 spiro atoms. The predicted octanol–water partition coefficient (Wildman–Crippen LogP) is 6.95. The molecule has 0 saturated heterocycles. The van der Waals surface area contributed by atoms with Gasteiger partial charge in [-0.2, -0.15) is 10.4 Å². The number of thiophene rings is 1. The number of H-pyrrole nitrogens is 1. The minimum Gasteiger partial charge on any atom is -0.312 e. The molecule has 3 heterocycles. The number of nitrogens with zero attached hydrogens (tertiary/aromatic N) is 3. The lowest BCUT2D eigenvalue weighted by molar-refractivity contribution is 0.102. The standard InChI is InChI=1S/C29H21N5OS2/c30-17-23-20-8-5-10-26(20)37-29(23)32-28(35)22-7-1-2-9-27(22)36-19-12-13-21-24(33-34-25(21)16-19)14-11-18-6-3-4-15-31-18/h1-4,6-7,9,11-16H,5,8,10H2,(H,32,35)(H,33,34)/b14-11+. The first kappa shape index (κ1) is 23.2. The van der Waals surface area contributed by atoms with E-state index in [-0.39, 0.29) is 5.91 Å². The van der Waals surface area contributed by atoms with Crippen LogP contribution in [0, 0.1) is 11.3 Å². The van der Waals surface area contributed by atoms with Crippen LogP contribution in [0.5, 0.6) is 0 Å². The number of aromatic nitrogens is 3. The summed E-state index contributed by atoms with van der Waals surface area (Å²) in [6, 6.07) is 21.7. The quantitative estimate of drug-likeness (QED) is 0.253. The van der Waals surface area contributed by atoms with Crippen LogP contribution in [-0.2, 0) is 12.8 Å². The molecule has 8 heteroatoms. The molecule has 0 fully saturated rings. The number of amides is 1. The number of fused-ring (bicyclic) bond motifs is 2. The van der Waals surface area contributed by atoms with Crippen LogP contribution < -0.4 is 5.32 Å². The van der Waals surface area contributed by atoms with Gasteiger partial charge in [0.2, 0.25) is 0 Å². The largest absolute Gasteiger partial charge is 0.312 e. The summed E-state index contributed by atoms with van der Waals surface area (Å²) in [5.41, 5.74) is 4.93. The van der Waals surface area contributed by atoms with E-state index in [2.05, 4.69) is 26.6 Å². The number of carbonyl (C=O) groups excluding carboxylic acids is 1. The molecular weight excluding hydrogens is 498 g/mol. The number of nitriles is 1. The van der Waals surface area contributed by atoms with Crippen LogP contribution in [0.3, 0.4) is 0 Å². The Balaban J connectivity index is 1.23. The first-order valence-electron chi connectivity index (χ1n) is 11.9. The third-order valence-corrected chi connectivity index (χ3v) is 8.56. The molecule has 1 aliphatic rings. The monoisotopic (exact) mass is 519 g/mol. The van der Waals surface area contributed by atoms with Crippen molar-refractivity contribution in [3.8, 4) is 6.07 Å². The maximum Gasteiger partial charge on any atom is 0.257 e. The smallest absolute Gasteiger partial charge is 0.257 e. The molecule has 0 atom stereocenters. The van der Waals surface area contributed by atoms with Crippen LogP contribution in [-0.4, -0.2) is 21.1 Å². The number of carbonyl (C=O) groups is 1. The highest BCUT2D eigenvalue weighted by Gasteiger charge is 2.24. The van der Waals surface area contributed by atoms with Gasteiger partial charge in [0.1, 0.15) is 11.1 Å². The van der Waals surface area contributed by atoms with E-state index in [4.69, 9.17) is 0 Å². The van der Waals surface area contributed by atoms with Gasteiger partial charge in [0.15, 0.2) is 0 Å². The molecule has 6 nitrogen and oxygen atoms in total. The Morgan fingerprint density at radius 1 is 1.11 bits per heavy atom. The molecule has 0 bridgehead atoms. The summed E-state index contributed by atoms with van der Waals surface area (Å²) >= 11 is 3.05. The Morgan fingerprint density at radius 2 is 2.00 bits per heavy atom. The van der Waals surface area contributed by atoms with Gasteiger partial charge in [0.25, 0.3) is 5.91 Å². The van der Waals surface area contributed by atoms with Crippen LogP contribution >= 0.6 is 23.1 Å². The van der Waals surface area contributed by atoms with E-state index in [1.54, 1.807) is 6.20 Å². The summed E-state index contributed by atoms with van der Waals surface area (Å²) in [6.45, 7) is 0. The number of pyridine rings is 1. The Kier molecular flexibility index (Phi) is 6.31. The van der Waals surface area contributed by atoms with Gasteiger partial charge in [-0.3, -0.25) is 14.9 Å². The normalized spacial score (nSPS) is 12.6. The zero-order chi connectivity index (χ0) is 25.2. The Labute approximate surface area is 222 Å². The minimum atomic E-state index is -0.205. The van der Waals surface area contributed by atoms with Crippen molar-refractivity contribution in [3.05, 3.63) is 99.8 Å². The Bertz CT molecular complexity index is 1690. The zero-order valence-corrected chi connectivity index (χ0v) is 21.3. The fourth-order valence-electron chi connectivity index (χ4n) is 4.50. The number of hydrogen-bond donors (Lipinski definition) is 2. The maximum atomic E-state index is 13.3. The highest BCUT2D eigenvalue weighted by molar-refractivity contribution is 7.99. The molecule has 1 aliphatic carbocycles. The number of benzene rings is 2. The van der Waals surface area contributed by atoms with Crippen molar-refractivity contribution >= 4 is 57.1 Å². The van der Waals surface area contributed by atoms with Crippen molar-refractivity contribution in [1.29, 1.82) is 5.26 Å². The van der Waals surface area contributed by atoms with Gasteiger partial charge in [-0.15, -0.1) is 11.3 Å². The van der Waals surface area contributed by atoms with Crippen LogP contribution in [0.1, 0.15) is 44.2 Å². The summed E-state index contributed by atoms with van der Waals surface area (Å²) in [6.07, 6.45) is 8.61. The van der Waals surface area contributed by atoms with E-state index < -0.39 is 0 Å². The van der Waals surface area contributed by atoms with Gasteiger partial charge >= 0.3 is 0 Å². The summed E-state index contributed by atoms with van der Waals surface area (Å²) in [5, 5.41) is 21.9. The fraction of sp³-hybridized carbons (Fsp3) is 0.103. The number of anilines is 1. The van der Waals surface area contributed by atoms with Crippen LogP contribution in [0.15, 0.2) is 76.7 Å². The summed E-state index contributed by atoms with van der Waals surface area (Å²) < 4.78 is 0. The van der Waals surface area contributed by atoms with E-state index in [1.165, 1.54) is 28.0 Å². The average Bonchev–Trinajstić information content (AvgIpc) is 3.63. The van der Waals surface area contributed by atoms with Crippen molar-refractivity contribution in [2.75, 3.05) is 5.32 Å². The lowest BCUT2D eigenvalue weighted by Crippen LogP contribution is -2.13. The Hall–Kier alpha value is -4.19. The van der Waals surface area contributed by atoms with Gasteiger partial charge < -0.3 is 5.32 Å². The summed E-state index contributed by atoms with van der Waals surface area (Å²) in [5.74, 6) is -0.205. The molecule has 2 aromatic carbocycles. The molecule has 5 aromatic rings. The molecule has 180 valence electrons. The maximum absolute atomic E-state index is 13.3. The summed E-state index contributed by atoms with van der Waals surface area (Å²) in [7, 11) is 0. The first-order valence-corrected chi connectivity index (χ1v) is 13.5. The number of nitrogens with one attached hydrogen (secondary N) is 2. The molecule has 0 radical (unpaired) electrons. The molecule has 1 amide bonds. The molecule has 37 heavy (non-hydrogen) atoms. The number of aryl methyl sites for hydroxylation is 1. The highest BCUT2D eigenvalue weighted by atomic mass is 32.2. The highest BCUT2D eigenvalue weighted by Crippen LogP contribution is 2.39. The van der Waals surface area contributed by atoms with Crippen molar-refractivity contribution in [2.45, 2.75) is 29.1 Å². The summed E-state index contributed by atoms with van der Waals surface area (Å²) in [4.78, 5) is 20.6. The second-order valence-electron chi connectivity index (χ2n) is 8.63. The van der Waals surface area contributed by atoms with Gasteiger partial charge in [-0.25, -0.2) is 0 Å². The third kappa shape index (κ3) is 4.67. The molecule has 0 unspecified atom stereocenters. The second kappa shape index (κ2) is 10.1. The number of aromatic amines is 1. The predicted molar refractivity (Wildman–Crippen MR) is 149 cm³/mol. The molecule has 2 N–H and O–H groups in total. The van der Waals surface area contributed by atoms with E-state index in [0.29, 0.717) is 16.1 Å². The van der Waals surface area contributed by atoms with Crippen molar-refractivity contribution < 1.29 is 4.79 Å². The molecule has 6 rings (SSSR count). The zero-order valence-electron chi connectivity index (χ0n) is 19.7. The van der Waals surface area contributed by atoms with Crippen LogP contribution in [0.2, 0.25) is 0 Å². The van der Waals surface area contributed by atoms with Gasteiger partial charge in [-0.1, -0.05) is 30.0 Å². The van der Waals surface area contributed by atoms with E-state index in [9.17, 15) is 10.1 Å². The number of rotatable bonds is 6. The topological polar surface area (TPSA) is 94.5 Å². The first-order chi connectivity index (χ1) is 18.2. The van der Waals surface area contributed by atoms with E-state index in [1.807, 2.05) is 72.8 Å². The minimum absolute atomic E-state index is 0.205. The van der Waals surface area contributed by atoms with Crippen molar-refractivity contribution in [3.63, 3.8) is 0 Å². The van der Waals surface area contributed by atoms with Crippen molar-refractivity contribution in [2.24, 2.45) is 0 Å².